The van der Waals surface area contributed by atoms with E-state index < -0.39 is 5.41 Å². The molecule has 3 rings (SSSR count). The van der Waals surface area contributed by atoms with E-state index in [0.29, 0.717) is 19.7 Å². The number of rotatable bonds is 10. The maximum Gasteiger partial charge on any atom is 0.313 e. The number of carbonyl (C=O) groups excluding carboxylic acids is 1. The maximum absolute atomic E-state index is 13.1. The van der Waals surface area contributed by atoms with Gasteiger partial charge >= 0.3 is 5.97 Å². The van der Waals surface area contributed by atoms with Gasteiger partial charge in [0.25, 0.3) is 0 Å². The first-order valence-corrected chi connectivity index (χ1v) is 12.1. The quantitative estimate of drug-likeness (QED) is 0.337. The summed E-state index contributed by atoms with van der Waals surface area (Å²) in [7, 11) is 1.67. The van der Waals surface area contributed by atoms with Gasteiger partial charge < -0.3 is 14.2 Å². The van der Waals surface area contributed by atoms with E-state index in [1.54, 1.807) is 7.11 Å². The van der Waals surface area contributed by atoms with E-state index in [2.05, 4.69) is 23.6 Å². The molecule has 1 aromatic carbocycles. The number of likely N-dealkylation sites (tertiary alicyclic amines) is 1. The van der Waals surface area contributed by atoms with Gasteiger partial charge in [-0.05, 0) is 69.7 Å². The second-order valence-corrected chi connectivity index (χ2v) is 9.34. The van der Waals surface area contributed by atoms with Crippen LogP contribution < -0.4 is 9.47 Å². The van der Waals surface area contributed by atoms with Crippen molar-refractivity contribution in [2.24, 2.45) is 5.41 Å². The molecule has 33 heavy (non-hydrogen) atoms. The number of carbonyl (C=O) groups is 1. The van der Waals surface area contributed by atoms with Crippen LogP contribution in [0.4, 0.5) is 0 Å². The Bertz CT molecular complexity index is 884. The minimum absolute atomic E-state index is 0.0132. The average Bonchev–Trinajstić information content (AvgIpc) is 3.42. The lowest BCUT2D eigenvalue weighted by Gasteiger charge is -2.29. The van der Waals surface area contributed by atoms with Crippen molar-refractivity contribution in [3.8, 4) is 11.5 Å². The minimum Gasteiger partial charge on any atom is -0.493 e. The van der Waals surface area contributed by atoms with Crippen molar-refractivity contribution in [3.05, 3.63) is 60.2 Å². The van der Waals surface area contributed by atoms with Gasteiger partial charge in [0.1, 0.15) is 0 Å². The summed E-state index contributed by atoms with van der Waals surface area (Å²) in [5, 5.41) is 0. The topological polar surface area (TPSA) is 48.0 Å². The fraction of sp³-hybridized carbons (Fsp3) is 0.536. The number of hydrogen-bond donors (Lipinski definition) is 0. The lowest BCUT2D eigenvalue weighted by atomic mass is 9.76. The molecule has 1 saturated carbocycles. The van der Waals surface area contributed by atoms with E-state index in [-0.39, 0.29) is 18.0 Å². The highest BCUT2D eigenvalue weighted by molar-refractivity contribution is 5.79. The van der Waals surface area contributed by atoms with Gasteiger partial charge in [0.05, 0.1) is 25.2 Å². The van der Waals surface area contributed by atoms with Crippen LogP contribution >= 0.6 is 0 Å². The monoisotopic (exact) mass is 453 g/mol. The fourth-order valence-electron chi connectivity index (χ4n) is 5.03. The summed E-state index contributed by atoms with van der Waals surface area (Å²) in [5.74, 6) is 1.34. The van der Waals surface area contributed by atoms with E-state index in [0.717, 1.165) is 42.0 Å². The van der Waals surface area contributed by atoms with Crippen molar-refractivity contribution in [1.82, 2.24) is 4.90 Å². The molecule has 2 unspecified atom stereocenters. The highest BCUT2D eigenvalue weighted by atomic mass is 16.5. The van der Waals surface area contributed by atoms with Crippen molar-refractivity contribution < 1.29 is 19.0 Å². The zero-order chi connectivity index (χ0) is 23.8. The lowest BCUT2D eigenvalue weighted by Crippen LogP contribution is -2.37. The normalized spacial score (nSPS) is 24.1. The molecule has 5 nitrogen and oxygen atoms in total. The molecular weight excluding hydrogens is 414 g/mol. The standard InChI is InChI=1S/C28H39NO4/c1-6-8-9-12-21(3)18-29-19-24(28(4,20-29)27(30)32-7-2)22-15-16-25(31-5)26(17-22)33-23-13-10-11-14-23/h6,8-9,12,15-17,23-24H,3,7,10-11,13-14,18-20H2,1-2,4-5H3/b8-6-,12-9-. The SMILES string of the molecule is C=C(/C=C\C=C/C)CN1CC(c2ccc(OC)c(OC3CCCC3)c2)C(C)(C(=O)OCC)C1. The summed E-state index contributed by atoms with van der Waals surface area (Å²) in [5.41, 5.74) is 1.44. The largest absolute Gasteiger partial charge is 0.493 e. The molecule has 0 aromatic heterocycles. The first-order valence-electron chi connectivity index (χ1n) is 12.1. The van der Waals surface area contributed by atoms with Crippen LogP contribution in [0.3, 0.4) is 0 Å². The zero-order valence-electron chi connectivity index (χ0n) is 20.6. The summed E-state index contributed by atoms with van der Waals surface area (Å²) in [6.07, 6.45) is 12.8. The Morgan fingerprint density at radius 2 is 2.00 bits per heavy atom. The summed E-state index contributed by atoms with van der Waals surface area (Å²) in [6.45, 7) is 12.5. The van der Waals surface area contributed by atoms with Gasteiger partial charge in [0, 0.05) is 25.6 Å². The Balaban J connectivity index is 1.87. The Morgan fingerprint density at radius 1 is 1.24 bits per heavy atom. The minimum atomic E-state index is -0.650. The van der Waals surface area contributed by atoms with Gasteiger partial charge in [-0.2, -0.15) is 0 Å². The van der Waals surface area contributed by atoms with Crippen LogP contribution in [-0.4, -0.2) is 50.3 Å². The van der Waals surface area contributed by atoms with Crippen LogP contribution in [0.25, 0.3) is 0 Å². The molecule has 0 radical (unpaired) electrons. The lowest BCUT2D eigenvalue weighted by molar-refractivity contribution is -0.154. The molecule has 1 saturated heterocycles. The second kappa shape index (κ2) is 11.6. The summed E-state index contributed by atoms with van der Waals surface area (Å²) < 4.78 is 17.4. The number of allylic oxidation sites excluding steroid dienone is 3. The predicted octanol–water partition coefficient (Wildman–Crippen LogP) is 5.67. The van der Waals surface area contributed by atoms with Crippen LogP contribution in [0.5, 0.6) is 11.5 Å². The molecule has 0 bridgehead atoms. The highest BCUT2D eigenvalue weighted by Crippen LogP contribution is 2.46. The molecule has 1 aromatic rings. The molecular formula is C28H39NO4. The maximum atomic E-state index is 13.1. The molecule has 0 spiro atoms. The average molecular weight is 454 g/mol. The van der Waals surface area contributed by atoms with Gasteiger partial charge in [0.15, 0.2) is 11.5 Å². The van der Waals surface area contributed by atoms with E-state index in [1.165, 1.54) is 12.8 Å². The second-order valence-electron chi connectivity index (χ2n) is 9.34. The molecule has 1 heterocycles. The van der Waals surface area contributed by atoms with Crippen molar-refractivity contribution in [2.75, 3.05) is 33.4 Å². The van der Waals surface area contributed by atoms with Crippen molar-refractivity contribution in [3.63, 3.8) is 0 Å². The number of methoxy groups -OCH3 is 1. The summed E-state index contributed by atoms with van der Waals surface area (Å²) >= 11 is 0. The third kappa shape index (κ3) is 6.08. The number of ether oxygens (including phenoxy) is 3. The third-order valence-corrected chi connectivity index (χ3v) is 6.75. The molecule has 5 heteroatoms. The van der Waals surface area contributed by atoms with Gasteiger partial charge in [0.2, 0.25) is 0 Å². The summed E-state index contributed by atoms with van der Waals surface area (Å²) in [6, 6.07) is 6.10. The van der Waals surface area contributed by atoms with E-state index >= 15 is 0 Å². The highest BCUT2D eigenvalue weighted by Gasteiger charge is 2.50. The first kappa shape index (κ1) is 25.1. The predicted molar refractivity (Wildman–Crippen MR) is 133 cm³/mol. The van der Waals surface area contributed by atoms with Crippen LogP contribution in [0.1, 0.15) is 57.9 Å². The third-order valence-electron chi connectivity index (χ3n) is 6.75. The van der Waals surface area contributed by atoms with Crippen LogP contribution in [0.2, 0.25) is 0 Å². The van der Waals surface area contributed by atoms with Crippen LogP contribution in [0, 0.1) is 5.41 Å². The number of nitrogens with zero attached hydrogens (tertiary/aromatic N) is 1. The fourth-order valence-corrected chi connectivity index (χ4v) is 5.03. The molecule has 2 aliphatic rings. The molecule has 0 N–H and O–H groups in total. The molecule has 180 valence electrons. The van der Waals surface area contributed by atoms with Crippen LogP contribution in [0.15, 0.2) is 54.7 Å². The van der Waals surface area contributed by atoms with Crippen LogP contribution in [-0.2, 0) is 9.53 Å². The Hall–Kier alpha value is -2.53. The number of esters is 1. The Morgan fingerprint density at radius 3 is 2.67 bits per heavy atom. The Kier molecular flexibility index (Phi) is 8.79. The number of hydrogen-bond acceptors (Lipinski definition) is 5. The van der Waals surface area contributed by atoms with Gasteiger partial charge in [-0.15, -0.1) is 0 Å². The molecule has 1 aliphatic carbocycles. The van der Waals surface area contributed by atoms with Crippen molar-refractivity contribution >= 4 is 5.97 Å². The Labute approximate surface area is 199 Å². The van der Waals surface area contributed by atoms with Gasteiger partial charge in [-0.1, -0.05) is 36.9 Å². The molecule has 1 aliphatic heterocycles. The van der Waals surface area contributed by atoms with Crippen molar-refractivity contribution in [1.29, 1.82) is 0 Å². The smallest absolute Gasteiger partial charge is 0.313 e. The van der Waals surface area contributed by atoms with Crippen molar-refractivity contribution in [2.45, 2.75) is 58.5 Å². The van der Waals surface area contributed by atoms with Gasteiger partial charge in [-0.3, -0.25) is 9.69 Å². The van der Waals surface area contributed by atoms with E-state index in [4.69, 9.17) is 14.2 Å². The molecule has 2 atom stereocenters. The number of benzene rings is 1. The first-order chi connectivity index (χ1) is 15.9. The van der Waals surface area contributed by atoms with E-state index in [1.807, 2.05) is 51.1 Å². The van der Waals surface area contributed by atoms with Gasteiger partial charge in [-0.25, -0.2) is 0 Å². The molecule has 2 fully saturated rings. The summed E-state index contributed by atoms with van der Waals surface area (Å²) in [4.78, 5) is 15.4. The zero-order valence-corrected chi connectivity index (χ0v) is 20.6. The van der Waals surface area contributed by atoms with E-state index in [9.17, 15) is 4.79 Å². The molecule has 0 amide bonds.